The summed E-state index contributed by atoms with van der Waals surface area (Å²) in [5, 5.41) is 3.19. The molecule has 1 aromatic rings. The lowest BCUT2D eigenvalue weighted by Gasteiger charge is -2.37. The molecule has 1 unspecified atom stereocenters. The van der Waals surface area contributed by atoms with Crippen LogP contribution in [0.25, 0.3) is 0 Å². The van der Waals surface area contributed by atoms with E-state index in [-0.39, 0.29) is 29.3 Å². The van der Waals surface area contributed by atoms with Crippen LogP contribution in [0.2, 0.25) is 0 Å². The van der Waals surface area contributed by atoms with Gasteiger partial charge in [0.2, 0.25) is 10.0 Å². The summed E-state index contributed by atoms with van der Waals surface area (Å²) in [6, 6.07) is 1.81. The molecule has 28 heavy (non-hydrogen) atoms. The van der Waals surface area contributed by atoms with Gasteiger partial charge in [-0.15, -0.1) is 0 Å². The number of carbonyl (C=O) groups is 1. The quantitative estimate of drug-likeness (QED) is 0.779. The Morgan fingerprint density at radius 1 is 1.32 bits per heavy atom. The molecule has 2 amide bonds. The van der Waals surface area contributed by atoms with Gasteiger partial charge in [0.1, 0.15) is 11.5 Å². The van der Waals surface area contributed by atoms with Crippen LogP contribution in [-0.4, -0.2) is 44.2 Å². The maximum absolute atomic E-state index is 12.8. The van der Waals surface area contributed by atoms with Crippen molar-refractivity contribution in [3.63, 3.8) is 0 Å². The Morgan fingerprint density at radius 2 is 2.00 bits per heavy atom. The van der Waals surface area contributed by atoms with Gasteiger partial charge in [0.25, 0.3) is 0 Å². The number of sulfonamides is 1. The lowest BCUT2D eigenvalue weighted by atomic mass is 9.75. The Morgan fingerprint density at radius 3 is 2.64 bits per heavy atom. The number of likely N-dealkylation sites (tertiary alicyclic amines) is 1. The molecule has 1 atom stereocenters. The maximum atomic E-state index is 12.8. The third-order valence-corrected chi connectivity index (χ3v) is 7.27. The zero-order valence-corrected chi connectivity index (χ0v) is 18.2. The van der Waals surface area contributed by atoms with Gasteiger partial charge in [0.15, 0.2) is 0 Å². The lowest BCUT2D eigenvalue weighted by Crippen LogP contribution is -2.50. The Balaban J connectivity index is 1.58. The molecular formula is C20H33N3O4S. The highest BCUT2D eigenvalue weighted by molar-refractivity contribution is 7.89. The molecule has 2 heterocycles. The monoisotopic (exact) mass is 411 g/mol. The summed E-state index contributed by atoms with van der Waals surface area (Å²) in [5.41, 5.74) is 1.16. The van der Waals surface area contributed by atoms with Gasteiger partial charge in [-0.2, -0.15) is 0 Å². The Labute approximate surface area is 168 Å². The van der Waals surface area contributed by atoms with Crippen LogP contribution >= 0.6 is 0 Å². The SMILES string of the molecule is CCCS(=O)(=O)NC1CCN(C(=O)NC2CC(C)(C)Cc3oc(C)cc32)CC1. The van der Waals surface area contributed by atoms with Crippen molar-refractivity contribution in [2.45, 2.75) is 71.9 Å². The number of nitrogens with zero attached hydrogens (tertiary/aromatic N) is 1. The second-order valence-electron chi connectivity index (χ2n) is 8.98. The van der Waals surface area contributed by atoms with Gasteiger partial charge in [-0.3, -0.25) is 0 Å². The number of furan rings is 1. The van der Waals surface area contributed by atoms with Gasteiger partial charge in [-0.1, -0.05) is 20.8 Å². The fourth-order valence-electron chi connectivity index (χ4n) is 4.34. The number of fused-ring (bicyclic) bond motifs is 1. The molecule has 2 N–H and O–H groups in total. The number of aryl methyl sites for hydroxylation is 1. The first kappa shape index (κ1) is 21.2. The highest BCUT2D eigenvalue weighted by Gasteiger charge is 2.36. The highest BCUT2D eigenvalue weighted by atomic mass is 32.2. The van der Waals surface area contributed by atoms with Gasteiger partial charge in [0.05, 0.1) is 11.8 Å². The smallest absolute Gasteiger partial charge is 0.317 e. The number of amides is 2. The molecule has 1 aliphatic heterocycles. The van der Waals surface area contributed by atoms with E-state index >= 15 is 0 Å². The van der Waals surface area contributed by atoms with Crippen molar-refractivity contribution in [2.75, 3.05) is 18.8 Å². The first-order valence-corrected chi connectivity index (χ1v) is 11.9. The average molecular weight is 412 g/mol. The van der Waals surface area contributed by atoms with Crippen LogP contribution in [0.1, 0.15) is 69.6 Å². The van der Waals surface area contributed by atoms with E-state index in [2.05, 4.69) is 23.9 Å². The Kier molecular flexibility index (Phi) is 6.10. The number of hydrogen-bond donors (Lipinski definition) is 2. The first-order valence-electron chi connectivity index (χ1n) is 10.2. The number of carbonyl (C=O) groups excluding carboxylic acids is 1. The fraction of sp³-hybridized carbons (Fsp3) is 0.750. The van der Waals surface area contributed by atoms with E-state index in [1.807, 2.05) is 19.9 Å². The van der Waals surface area contributed by atoms with Crippen LogP contribution < -0.4 is 10.0 Å². The number of rotatable bonds is 5. The van der Waals surface area contributed by atoms with Gasteiger partial charge in [-0.05, 0) is 44.1 Å². The third-order valence-electron chi connectivity index (χ3n) is 5.64. The molecule has 1 fully saturated rings. The van der Waals surface area contributed by atoms with E-state index in [1.54, 1.807) is 4.90 Å². The fourth-order valence-corrected chi connectivity index (χ4v) is 5.73. The third kappa shape index (κ3) is 5.08. The minimum absolute atomic E-state index is 0.0514. The van der Waals surface area contributed by atoms with E-state index < -0.39 is 10.0 Å². The molecule has 2 aliphatic rings. The molecule has 158 valence electrons. The molecule has 8 heteroatoms. The number of hydrogen-bond acceptors (Lipinski definition) is 4. The summed E-state index contributed by atoms with van der Waals surface area (Å²) in [6.07, 6.45) is 3.64. The summed E-state index contributed by atoms with van der Waals surface area (Å²) in [4.78, 5) is 14.6. The van der Waals surface area contributed by atoms with Crippen molar-refractivity contribution in [3.8, 4) is 0 Å². The zero-order valence-electron chi connectivity index (χ0n) is 17.4. The van der Waals surface area contributed by atoms with Crippen LogP contribution in [0.15, 0.2) is 10.5 Å². The Bertz CT molecular complexity index is 807. The van der Waals surface area contributed by atoms with E-state index in [0.717, 1.165) is 29.9 Å². The van der Waals surface area contributed by atoms with Crippen molar-refractivity contribution in [1.29, 1.82) is 0 Å². The molecule has 0 radical (unpaired) electrons. The second-order valence-corrected chi connectivity index (χ2v) is 10.9. The van der Waals surface area contributed by atoms with Crippen molar-refractivity contribution < 1.29 is 17.6 Å². The second kappa shape index (κ2) is 8.06. The van der Waals surface area contributed by atoms with Crippen LogP contribution in [-0.2, 0) is 16.4 Å². The van der Waals surface area contributed by atoms with Crippen molar-refractivity contribution in [1.82, 2.24) is 14.9 Å². The van der Waals surface area contributed by atoms with E-state index in [4.69, 9.17) is 4.42 Å². The first-order chi connectivity index (χ1) is 13.1. The standard InChI is InChI=1S/C20H33N3O4S/c1-5-10-28(25,26)22-15-6-8-23(9-7-15)19(24)21-17-12-20(3,4)13-18-16(17)11-14(2)27-18/h11,15,17,22H,5-10,12-13H2,1-4H3,(H,21,24). The summed E-state index contributed by atoms with van der Waals surface area (Å²) in [5.74, 6) is 2.00. The number of piperidine rings is 1. The molecule has 0 bridgehead atoms. The number of urea groups is 1. The van der Waals surface area contributed by atoms with Crippen LogP contribution in [0, 0.1) is 12.3 Å². The predicted molar refractivity (Wildman–Crippen MR) is 109 cm³/mol. The summed E-state index contributed by atoms with van der Waals surface area (Å²) >= 11 is 0. The largest absolute Gasteiger partial charge is 0.466 e. The predicted octanol–water partition coefficient (Wildman–Crippen LogP) is 3.10. The molecule has 0 saturated carbocycles. The molecule has 0 aromatic carbocycles. The van der Waals surface area contributed by atoms with Crippen molar-refractivity contribution in [3.05, 3.63) is 23.2 Å². The molecule has 3 rings (SSSR count). The van der Waals surface area contributed by atoms with E-state index in [9.17, 15) is 13.2 Å². The lowest BCUT2D eigenvalue weighted by molar-refractivity contribution is 0.167. The molecule has 0 spiro atoms. The molecule has 1 aliphatic carbocycles. The number of nitrogens with one attached hydrogen (secondary N) is 2. The normalized spacial score (nSPS) is 22.7. The van der Waals surface area contributed by atoms with Gasteiger partial charge >= 0.3 is 6.03 Å². The minimum Gasteiger partial charge on any atom is -0.466 e. The summed E-state index contributed by atoms with van der Waals surface area (Å²) in [7, 11) is -3.22. The van der Waals surface area contributed by atoms with Crippen LogP contribution in [0.5, 0.6) is 0 Å². The molecule has 1 aromatic heterocycles. The molecule has 1 saturated heterocycles. The zero-order chi connectivity index (χ0) is 20.5. The maximum Gasteiger partial charge on any atom is 0.317 e. The topological polar surface area (TPSA) is 91.7 Å². The van der Waals surface area contributed by atoms with Crippen LogP contribution in [0.3, 0.4) is 0 Å². The Hall–Kier alpha value is -1.54. The van der Waals surface area contributed by atoms with Crippen molar-refractivity contribution >= 4 is 16.1 Å². The summed E-state index contributed by atoms with van der Waals surface area (Å²) in [6.45, 7) is 9.29. The molecular weight excluding hydrogens is 378 g/mol. The highest BCUT2D eigenvalue weighted by Crippen LogP contribution is 2.42. The van der Waals surface area contributed by atoms with Crippen LogP contribution in [0.4, 0.5) is 4.79 Å². The average Bonchev–Trinajstić information content (AvgIpc) is 2.94. The molecule has 7 nitrogen and oxygen atoms in total. The van der Waals surface area contributed by atoms with Crippen molar-refractivity contribution in [2.24, 2.45) is 5.41 Å². The van der Waals surface area contributed by atoms with Gasteiger partial charge in [0, 0.05) is 31.1 Å². The summed E-state index contributed by atoms with van der Waals surface area (Å²) < 4.78 is 32.5. The van der Waals surface area contributed by atoms with E-state index in [0.29, 0.717) is 32.4 Å². The van der Waals surface area contributed by atoms with E-state index in [1.165, 1.54) is 0 Å². The minimum atomic E-state index is -3.22. The van der Waals surface area contributed by atoms with Gasteiger partial charge in [-0.25, -0.2) is 17.9 Å². The van der Waals surface area contributed by atoms with Gasteiger partial charge < -0.3 is 14.6 Å².